The summed E-state index contributed by atoms with van der Waals surface area (Å²) >= 11 is -0.851. The van der Waals surface area contributed by atoms with Gasteiger partial charge >= 0.3 is 68.0 Å². The number of nitrogens with zero attached hydrogens (tertiary/aromatic N) is 1. The quantitative estimate of drug-likeness (QED) is 0.751. The SMILES string of the molecule is Br.N#[C][Zn][CH2]c1ccccc1. The third-order valence-electron chi connectivity index (χ3n) is 1.37. The second-order valence-electron chi connectivity index (χ2n) is 2.14. The average molecular weight is 263 g/mol. The minimum atomic E-state index is -0.851. The molecular formula is C8H8BrNZn. The van der Waals surface area contributed by atoms with Crippen LogP contribution in [-0.2, 0) is 22.1 Å². The number of halogens is 1. The first-order chi connectivity index (χ1) is 4.93. The number of nitriles is 1. The topological polar surface area (TPSA) is 23.8 Å². The summed E-state index contributed by atoms with van der Waals surface area (Å²) in [7, 11) is 0. The van der Waals surface area contributed by atoms with Gasteiger partial charge in [0.15, 0.2) is 0 Å². The number of hydrogen-bond donors (Lipinski definition) is 0. The predicted octanol–water partition coefficient (Wildman–Crippen LogP) is 2.33. The summed E-state index contributed by atoms with van der Waals surface area (Å²) in [6, 6.07) is 10.2. The van der Waals surface area contributed by atoms with Gasteiger partial charge in [-0.05, 0) is 0 Å². The molecule has 1 nitrogen and oxygen atoms in total. The third-order valence-corrected chi connectivity index (χ3v) is 3.57. The van der Waals surface area contributed by atoms with Crippen LogP contribution < -0.4 is 0 Å². The first-order valence-corrected chi connectivity index (χ1v) is 6.92. The molecule has 0 N–H and O–H groups in total. The Kier molecular flexibility index (Phi) is 6.41. The van der Waals surface area contributed by atoms with Crippen molar-refractivity contribution in [2.75, 3.05) is 0 Å². The van der Waals surface area contributed by atoms with Gasteiger partial charge in [-0.25, -0.2) is 0 Å². The van der Waals surface area contributed by atoms with Crippen LogP contribution >= 0.6 is 17.0 Å². The van der Waals surface area contributed by atoms with Crippen LogP contribution in [0.25, 0.3) is 0 Å². The van der Waals surface area contributed by atoms with Crippen LogP contribution in [0.4, 0.5) is 0 Å². The normalized spacial score (nSPS) is 7.18. The summed E-state index contributed by atoms with van der Waals surface area (Å²) in [5.74, 6) is 0. The summed E-state index contributed by atoms with van der Waals surface area (Å²) in [5, 5.41) is 9.42. The van der Waals surface area contributed by atoms with Crippen molar-refractivity contribution in [2.45, 2.75) is 5.02 Å². The molecule has 0 aliphatic carbocycles. The average Bonchev–Trinajstić information content (AvgIpc) is 2.03. The maximum absolute atomic E-state index is 8.36. The first-order valence-electron chi connectivity index (χ1n) is 3.34. The van der Waals surface area contributed by atoms with E-state index in [1.165, 1.54) is 5.56 Å². The Balaban J connectivity index is 0.000001000. The van der Waals surface area contributed by atoms with Crippen molar-refractivity contribution in [3.63, 3.8) is 0 Å². The molecule has 11 heavy (non-hydrogen) atoms. The second-order valence-corrected chi connectivity index (χ2v) is 4.91. The van der Waals surface area contributed by atoms with Gasteiger partial charge in [-0.15, -0.1) is 17.0 Å². The van der Waals surface area contributed by atoms with Gasteiger partial charge in [-0.1, -0.05) is 0 Å². The number of hydrogen-bond acceptors (Lipinski definition) is 1. The van der Waals surface area contributed by atoms with E-state index < -0.39 is 17.1 Å². The molecule has 0 saturated heterocycles. The van der Waals surface area contributed by atoms with Gasteiger partial charge in [0.25, 0.3) is 0 Å². The molecule has 0 fully saturated rings. The van der Waals surface area contributed by atoms with Gasteiger partial charge in [-0.3, -0.25) is 0 Å². The van der Waals surface area contributed by atoms with Crippen LogP contribution in [0.3, 0.4) is 0 Å². The van der Waals surface area contributed by atoms with Crippen LogP contribution in [0, 0.1) is 9.93 Å². The van der Waals surface area contributed by atoms with Gasteiger partial charge in [-0.2, -0.15) is 0 Å². The molecule has 54 valence electrons. The van der Waals surface area contributed by atoms with Crippen molar-refractivity contribution in [2.24, 2.45) is 0 Å². The standard InChI is InChI=1S/C7H7.CN.BrH.Zn/c1-7-5-3-2-4-6-7;1-2;;/h2-6H,1H2;;1H;. The van der Waals surface area contributed by atoms with Crippen LogP contribution in [0.2, 0.25) is 0 Å². The fourth-order valence-corrected chi connectivity index (χ4v) is 2.38. The predicted molar refractivity (Wildman–Crippen MR) is 46.1 cm³/mol. The van der Waals surface area contributed by atoms with Crippen LogP contribution in [0.15, 0.2) is 30.3 Å². The molecule has 1 rings (SSSR count). The minimum absolute atomic E-state index is 0. The van der Waals surface area contributed by atoms with Crippen molar-refractivity contribution in [3.05, 3.63) is 35.9 Å². The fourth-order valence-electron chi connectivity index (χ4n) is 0.845. The van der Waals surface area contributed by atoms with Gasteiger partial charge in [0.2, 0.25) is 0 Å². The Hall–Kier alpha value is -0.187. The maximum atomic E-state index is 8.36. The first kappa shape index (κ1) is 10.8. The van der Waals surface area contributed by atoms with E-state index in [1.54, 1.807) is 0 Å². The van der Waals surface area contributed by atoms with Crippen molar-refractivity contribution < 1.29 is 17.1 Å². The molecule has 0 atom stereocenters. The molecule has 3 heteroatoms. The van der Waals surface area contributed by atoms with Crippen molar-refractivity contribution in [3.8, 4) is 4.66 Å². The van der Waals surface area contributed by atoms with E-state index in [9.17, 15) is 0 Å². The molecule has 0 aliphatic heterocycles. The Bertz CT molecular complexity index is 230. The molecule has 1 aromatic carbocycles. The molecule has 0 aromatic heterocycles. The van der Waals surface area contributed by atoms with E-state index in [4.69, 9.17) is 5.26 Å². The Morgan fingerprint density at radius 3 is 2.45 bits per heavy atom. The van der Waals surface area contributed by atoms with E-state index >= 15 is 0 Å². The molecular weight excluding hydrogens is 255 g/mol. The molecule has 0 heterocycles. The van der Waals surface area contributed by atoms with E-state index in [2.05, 4.69) is 16.8 Å². The number of benzene rings is 1. The molecule has 0 aliphatic rings. The van der Waals surface area contributed by atoms with Crippen LogP contribution in [-0.4, -0.2) is 0 Å². The molecule has 0 saturated carbocycles. The summed E-state index contributed by atoms with van der Waals surface area (Å²) in [5.41, 5.74) is 1.32. The van der Waals surface area contributed by atoms with Crippen molar-refractivity contribution >= 4 is 17.0 Å². The van der Waals surface area contributed by atoms with Crippen molar-refractivity contribution in [1.82, 2.24) is 0 Å². The van der Waals surface area contributed by atoms with E-state index in [0.29, 0.717) is 0 Å². The molecule has 0 bridgehead atoms. The Labute approximate surface area is 84.8 Å². The molecule has 0 spiro atoms. The molecule has 0 unspecified atom stereocenters. The third kappa shape index (κ3) is 4.29. The fraction of sp³-hybridized carbons (Fsp3) is 0.125. The van der Waals surface area contributed by atoms with E-state index in [-0.39, 0.29) is 17.0 Å². The van der Waals surface area contributed by atoms with Gasteiger partial charge in [0.1, 0.15) is 0 Å². The van der Waals surface area contributed by atoms with Gasteiger partial charge < -0.3 is 0 Å². The van der Waals surface area contributed by atoms with E-state index in [1.807, 2.05) is 18.2 Å². The van der Waals surface area contributed by atoms with Crippen LogP contribution in [0.5, 0.6) is 0 Å². The zero-order valence-corrected chi connectivity index (χ0v) is 10.8. The molecule has 0 radical (unpaired) electrons. The second kappa shape index (κ2) is 6.52. The summed E-state index contributed by atoms with van der Waals surface area (Å²) in [6.07, 6.45) is 0. The van der Waals surface area contributed by atoms with E-state index in [0.717, 1.165) is 5.02 Å². The number of rotatable bonds is 2. The Morgan fingerprint density at radius 2 is 1.91 bits per heavy atom. The summed E-state index contributed by atoms with van der Waals surface area (Å²) < 4.78 is 2.30. The van der Waals surface area contributed by atoms with Crippen molar-refractivity contribution in [1.29, 1.82) is 5.26 Å². The van der Waals surface area contributed by atoms with Gasteiger partial charge in [0, 0.05) is 0 Å². The Morgan fingerprint density at radius 1 is 1.27 bits per heavy atom. The van der Waals surface area contributed by atoms with Crippen LogP contribution in [0.1, 0.15) is 5.56 Å². The summed E-state index contributed by atoms with van der Waals surface area (Å²) in [4.78, 5) is 0. The monoisotopic (exact) mass is 261 g/mol. The zero-order valence-electron chi connectivity index (χ0n) is 6.16. The summed E-state index contributed by atoms with van der Waals surface area (Å²) in [6.45, 7) is 0. The molecule has 1 aromatic rings. The molecule has 0 amide bonds. The zero-order chi connectivity index (χ0) is 7.23. The van der Waals surface area contributed by atoms with Gasteiger partial charge in [0.05, 0.1) is 0 Å².